The van der Waals surface area contributed by atoms with Crippen LogP contribution in [0, 0.1) is 0 Å². The van der Waals surface area contributed by atoms with E-state index in [0.717, 1.165) is 4.47 Å². The molecule has 0 radical (unpaired) electrons. The van der Waals surface area contributed by atoms with Gasteiger partial charge in [-0.3, -0.25) is 0 Å². The smallest absolute Gasteiger partial charge is 0.340 e. The van der Waals surface area contributed by atoms with Crippen LogP contribution in [0.2, 0.25) is 5.28 Å². The van der Waals surface area contributed by atoms with Gasteiger partial charge in [0.2, 0.25) is 5.28 Å². The highest BCUT2D eigenvalue weighted by molar-refractivity contribution is 9.10. The van der Waals surface area contributed by atoms with Crippen molar-refractivity contribution < 1.29 is 9.53 Å². The van der Waals surface area contributed by atoms with E-state index >= 15 is 0 Å². The van der Waals surface area contributed by atoms with Crippen LogP contribution < -0.4 is 0 Å². The van der Waals surface area contributed by atoms with Gasteiger partial charge >= 0.3 is 5.97 Å². The van der Waals surface area contributed by atoms with Crippen molar-refractivity contribution in [1.29, 1.82) is 0 Å². The van der Waals surface area contributed by atoms with Crippen LogP contribution in [-0.4, -0.2) is 22.5 Å². The minimum atomic E-state index is -0.389. The second kappa shape index (κ2) is 4.43. The first-order valence-corrected chi connectivity index (χ1v) is 5.81. The van der Waals surface area contributed by atoms with Gasteiger partial charge in [-0.25, -0.2) is 9.78 Å². The third-order valence-corrected chi connectivity index (χ3v) is 2.88. The summed E-state index contributed by atoms with van der Waals surface area (Å²) in [4.78, 5) is 18.6. The predicted molar refractivity (Wildman–Crippen MR) is 64.8 cm³/mol. The number of benzene rings is 1. The van der Waals surface area contributed by atoms with Crippen molar-refractivity contribution in [3.8, 4) is 0 Å². The summed E-state index contributed by atoms with van der Waals surface area (Å²) in [6, 6.07) is 3.41. The van der Waals surface area contributed by atoms with E-state index in [1.165, 1.54) is 0 Å². The molecule has 0 unspecified atom stereocenters. The van der Waals surface area contributed by atoms with Crippen molar-refractivity contribution in [2.24, 2.45) is 0 Å². The van der Waals surface area contributed by atoms with Gasteiger partial charge in [-0.1, -0.05) is 0 Å². The zero-order valence-corrected chi connectivity index (χ0v) is 10.7. The Kier molecular flexibility index (Phi) is 3.16. The molecule has 16 heavy (non-hydrogen) atoms. The first-order valence-electron chi connectivity index (χ1n) is 4.64. The topological polar surface area (TPSA) is 55.0 Å². The summed E-state index contributed by atoms with van der Waals surface area (Å²) in [6.45, 7) is 2.09. The Morgan fingerprint density at radius 1 is 1.62 bits per heavy atom. The number of nitrogens with one attached hydrogen (secondary N) is 1. The first-order chi connectivity index (χ1) is 7.63. The Labute approximate surface area is 105 Å². The molecule has 0 aliphatic rings. The fourth-order valence-electron chi connectivity index (χ4n) is 1.41. The number of esters is 1. The molecule has 84 valence electrons. The van der Waals surface area contributed by atoms with Gasteiger partial charge in [0.15, 0.2) is 0 Å². The second-order valence-corrected chi connectivity index (χ2v) is 4.28. The molecule has 0 fully saturated rings. The van der Waals surface area contributed by atoms with Gasteiger partial charge in [-0.2, -0.15) is 0 Å². The molecule has 0 atom stereocenters. The maximum Gasteiger partial charge on any atom is 0.340 e. The fraction of sp³-hybridized carbons (Fsp3) is 0.200. The molecule has 4 nitrogen and oxygen atoms in total. The number of halogens is 2. The van der Waals surface area contributed by atoms with Gasteiger partial charge in [0.05, 0.1) is 17.7 Å². The van der Waals surface area contributed by atoms with E-state index < -0.39 is 0 Å². The molecule has 0 aliphatic carbocycles. The molecule has 1 aromatic heterocycles. The third kappa shape index (κ3) is 1.92. The monoisotopic (exact) mass is 302 g/mol. The van der Waals surface area contributed by atoms with Crippen LogP contribution in [0.5, 0.6) is 0 Å². The van der Waals surface area contributed by atoms with Crippen LogP contribution in [0.15, 0.2) is 16.6 Å². The lowest BCUT2D eigenvalue weighted by molar-refractivity contribution is 0.0528. The maximum absolute atomic E-state index is 11.7. The fourth-order valence-corrected chi connectivity index (χ4v) is 2.01. The number of carbonyl (C=O) groups excluding carboxylic acids is 1. The van der Waals surface area contributed by atoms with E-state index in [1.54, 1.807) is 19.1 Å². The largest absolute Gasteiger partial charge is 0.462 e. The van der Waals surface area contributed by atoms with Crippen molar-refractivity contribution in [2.45, 2.75) is 6.92 Å². The third-order valence-electron chi connectivity index (χ3n) is 2.06. The first kappa shape index (κ1) is 11.4. The lowest BCUT2D eigenvalue weighted by atomic mass is 10.2. The van der Waals surface area contributed by atoms with E-state index in [1.807, 2.05) is 0 Å². The second-order valence-electron chi connectivity index (χ2n) is 3.07. The molecule has 1 aromatic carbocycles. The van der Waals surface area contributed by atoms with E-state index in [2.05, 4.69) is 25.9 Å². The minimum Gasteiger partial charge on any atom is -0.462 e. The van der Waals surface area contributed by atoms with Crippen molar-refractivity contribution in [3.05, 3.63) is 27.5 Å². The Morgan fingerprint density at radius 2 is 2.38 bits per heavy atom. The molecule has 0 amide bonds. The van der Waals surface area contributed by atoms with E-state index in [9.17, 15) is 4.79 Å². The van der Waals surface area contributed by atoms with E-state index in [4.69, 9.17) is 16.3 Å². The number of H-pyrrole nitrogens is 1. The normalized spacial score (nSPS) is 10.7. The van der Waals surface area contributed by atoms with Crippen LogP contribution in [0.1, 0.15) is 17.3 Å². The molecule has 0 spiro atoms. The van der Waals surface area contributed by atoms with Crippen molar-refractivity contribution in [3.63, 3.8) is 0 Å². The number of carbonyl (C=O) groups is 1. The van der Waals surface area contributed by atoms with Gasteiger partial charge in [-0.05, 0) is 46.6 Å². The Morgan fingerprint density at radius 3 is 3.06 bits per heavy atom. The molecule has 1 N–H and O–H groups in total. The van der Waals surface area contributed by atoms with Crippen LogP contribution in [0.25, 0.3) is 11.0 Å². The summed E-state index contributed by atoms with van der Waals surface area (Å²) in [5.41, 5.74) is 1.63. The highest BCUT2D eigenvalue weighted by Crippen LogP contribution is 2.26. The molecule has 6 heteroatoms. The number of imidazole rings is 1. The Hall–Kier alpha value is -1.07. The molecule has 1 heterocycles. The summed E-state index contributed by atoms with van der Waals surface area (Å²) >= 11 is 9.11. The van der Waals surface area contributed by atoms with Crippen molar-refractivity contribution >= 4 is 44.5 Å². The van der Waals surface area contributed by atoms with E-state index in [-0.39, 0.29) is 11.3 Å². The molecule has 0 bridgehead atoms. The SMILES string of the molecule is CCOC(=O)c1ccc(Br)c2nc(Cl)[nH]c12. The van der Waals surface area contributed by atoms with Crippen LogP contribution in [0.4, 0.5) is 0 Å². The summed E-state index contributed by atoms with van der Waals surface area (Å²) in [7, 11) is 0. The molecule has 0 aliphatic heterocycles. The van der Waals surface area contributed by atoms with Gasteiger partial charge in [-0.15, -0.1) is 0 Å². The van der Waals surface area contributed by atoms with Crippen LogP contribution >= 0.6 is 27.5 Å². The molecular formula is C10H8BrClN2O2. The van der Waals surface area contributed by atoms with Crippen molar-refractivity contribution in [2.75, 3.05) is 6.61 Å². The minimum absolute atomic E-state index is 0.243. The standard InChI is InChI=1S/C10H8BrClN2O2/c1-2-16-9(15)5-3-4-6(11)8-7(5)13-10(12)14-8/h3-4H,2H2,1H3,(H,13,14). The van der Waals surface area contributed by atoms with Gasteiger partial charge in [0, 0.05) is 4.47 Å². The number of fused-ring (bicyclic) bond motifs is 1. The summed E-state index contributed by atoms with van der Waals surface area (Å²) in [5.74, 6) is -0.389. The van der Waals surface area contributed by atoms with E-state index in [0.29, 0.717) is 23.2 Å². The summed E-state index contributed by atoms with van der Waals surface area (Å²) < 4.78 is 5.72. The number of hydrogen-bond acceptors (Lipinski definition) is 3. The molecule has 0 saturated carbocycles. The van der Waals surface area contributed by atoms with Crippen molar-refractivity contribution in [1.82, 2.24) is 9.97 Å². The van der Waals surface area contributed by atoms with Gasteiger partial charge in [0.1, 0.15) is 5.52 Å². The average Bonchev–Trinajstić information content (AvgIpc) is 2.61. The molecular weight excluding hydrogens is 295 g/mol. The number of rotatable bonds is 2. The Balaban J connectivity index is 2.62. The average molecular weight is 304 g/mol. The number of nitrogens with zero attached hydrogens (tertiary/aromatic N) is 1. The quantitative estimate of drug-likeness (QED) is 0.867. The predicted octanol–water partition coefficient (Wildman–Crippen LogP) is 3.16. The Bertz CT molecular complexity index is 553. The molecule has 2 aromatic rings. The number of aromatic nitrogens is 2. The lowest BCUT2D eigenvalue weighted by Gasteiger charge is -2.03. The van der Waals surface area contributed by atoms with Gasteiger partial charge in [0.25, 0.3) is 0 Å². The lowest BCUT2D eigenvalue weighted by Crippen LogP contribution is -2.05. The number of ether oxygens (including phenoxy) is 1. The highest BCUT2D eigenvalue weighted by atomic mass is 79.9. The molecule has 2 rings (SSSR count). The zero-order chi connectivity index (χ0) is 11.7. The summed E-state index contributed by atoms with van der Waals surface area (Å²) in [5, 5.41) is 0.243. The zero-order valence-electron chi connectivity index (χ0n) is 8.38. The van der Waals surface area contributed by atoms with Crippen LogP contribution in [0.3, 0.4) is 0 Å². The number of aromatic amines is 1. The molecule has 0 saturated heterocycles. The highest BCUT2D eigenvalue weighted by Gasteiger charge is 2.15. The van der Waals surface area contributed by atoms with Gasteiger partial charge < -0.3 is 9.72 Å². The van der Waals surface area contributed by atoms with Crippen LogP contribution in [-0.2, 0) is 4.74 Å². The maximum atomic E-state index is 11.7. The summed E-state index contributed by atoms with van der Waals surface area (Å²) in [6.07, 6.45) is 0. The number of hydrogen-bond donors (Lipinski definition) is 1.